The third-order valence-corrected chi connectivity index (χ3v) is 6.96. The van der Waals surface area contributed by atoms with Crippen LogP contribution in [0.25, 0.3) is 5.57 Å². The number of carbonyl (C=O) groups is 4. The molecule has 3 aliphatic rings. The number of benzene rings is 1. The van der Waals surface area contributed by atoms with E-state index in [4.69, 9.17) is 5.73 Å². The van der Waals surface area contributed by atoms with Crippen LogP contribution in [0.2, 0.25) is 0 Å². The summed E-state index contributed by atoms with van der Waals surface area (Å²) in [5.41, 5.74) is 7.76. The Kier molecular flexibility index (Phi) is 6.41. The van der Waals surface area contributed by atoms with Gasteiger partial charge in [0.15, 0.2) is 24.0 Å². The Morgan fingerprint density at radius 3 is 2.55 bits per heavy atom. The van der Waals surface area contributed by atoms with Crippen molar-refractivity contribution in [3.05, 3.63) is 70.9 Å². The number of allylic oxidation sites excluding steroid dienone is 2. The van der Waals surface area contributed by atoms with Crippen molar-refractivity contribution in [3.8, 4) is 5.75 Å². The third kappa shape index (κ3) is 4.39. The molecule has 6 N–H and O–H groups in total. The molecule has 3 aliphatic heterocycles. The van der Waals surface area contributed by atoms with E-state index in [2.05, 4.69) is 10.6 Å². The van der Waals surface area contributed by atoms with Gasteiger partial charge in [-0.15, -0.1) is 0 Å². The van der Waals surface area contributed by atoms with Gasteiger partial charge < -0.3 is 26.6 Å². The van der Waals surface area contributed by atoms with Crippen LogP contribution in [0, 0.1) is 5.82 Å². The van der Waals surface area contributed by atoms with Gasteiger partial charge in [0.25, 0.3) is 5.91 Å². The number of rotatable bonds is 6. The van der Waals surface area contributed by atoms with Crippen molar-refractivity contribution in [3.63, 3.8) is 0 Å². The first-order valence-electron chi connectivity index (χ1n) is 12.0. The lowest BCUT2D eigenvalue weighted by Gasteiger charge is -2.49. The minimum Gasteiger partial charge on any atom is -0.505 e. The topological polar surface area (TPSA) is 166 Å². The van der Waals surface area contributed by atoms with Crippen LogP contribution in [-0.2, 0) is 25.7 Å². The summed E-state index contributed by atoms with van der Waals surface area (Å²) in [7, 11) is 0. The Bertz CT molecular complexity index is 1430. The van der Waals surface area contributed by atoms with Crippen LogP contribution in [0.1, 0.15) is 24.8 Å². The minimum absolute atomic E-state index is 0.111. The number of amides is 3. The molecule has 4 heterocycles. The number of phenolic OH excluding ortho intramolecular Hbond substituents is 1. The molecule has 12 heteroatoms. The Morgan fingerprint density at radius 1 is 1.18 bits per heavy atom. The normalized spacial score (nSPS) is 22.0. The number of carboxylic acids is 1. The molecule has 2 saturated heterocycles. The average Bonchev–Trinajstić information content (AvgIpc) is 3.31. The number of halogens is 1. The van der Waals surface area contributed by atoms with Gasteiger partial charge >= 0.3 is 5.97 Å². The van der Waals surface area contributed by atoms with E-state index in [0.717, 1.165) is 12.1 Å². The summed E-state index contributed by atoms with van der Waals surface area (Å²) >= 11 is 0. The van der Waals surface area contributed by atoms with Gasteiger partial charge in [0.05, 0.1) is 6.04 Å². The van der Waals surface area contributed by atoms with Crippen molar-refractivity contribution in [2.24, 2.45) is 5.73 Å². The number of aromatic nitrogens is 1. The first kappa shape index (κ1) is 25.1. The predicted molar refractivity (Wildman–Crippen MR) is 130 cm³/mol. The number of nitrogens with two attached hydrogens (primary N) is 1. The zero-order chi connectivity index (χ0) is 27.1. The molecule has 2 aromatic rings. The van der Waals surface area contributed by atoms with Crippen molar-refractivity contribution in [1.29, 1.82) is 0 Å². The van der Waals surface area contributed by atoms with Gasteiger partial charge in [-0.3, -0.25) is 19.3 Å². The number of hydrogen-bond donors (Lipinski definition) is 5. The van der Waals surface area contributed by atoms with Crippen LogP contribution in [0.4, 0.5) is 10.1 Å². The lowest BCUT2D eigenvalue weighted by Crippen LogP contribution is -2.69. The molecule has 0 spiro atoms. The molecule has 2 fully saturated rings. The van der Waals surface area contributed by atoms with Crippen molar-refractivity contribution in [1.82, 2.24) is 10.2 Å². The van der Waals surface area contributed by atoms with E-state index in [9.17, 15) is 33.8 Å². The SMILES string of the molecule is N[C@@H]1C(=O)N2C(C(=O)O)=C(C(=C3CCNC3=O)c3cc[n+](CC(=O)Nc4ccc(O)c(F)c4)cc3)CC[C@H]12. The third-order valence-electron chi connectivity index (χ3n) is 6.96. The predicted octanol–water partition coefficient (Wildman–Crippen LogP) is 0.402. The van der Waals surface area contributed by atoms with Crippen molar-refractivity contribution >= 4 is 35.0 Å². The summed E-state index contributed by atoms with van der Waals surface area (Å²) in [5, 5.41) is 24.6. The molecule has 3 amide bonds. The van der Waals surface area contributed by atoms with Gasteiger partial charge in [-0.25, -0.2) is 9.18 Å². The molecule has 38 heavy (non-hydrogen) atoms. The van der Waals surface area contributed by atoms with Crippen LogP contribution in [-0.4, -0.2) is 57.4 Å². The van der Waals surface area contributed by atoms with Crippen molar-refractivity contribution < 1.29 is 38.3 Å². The molecule has 11 nitrogen and oxygen atoms in total. The number of carboxylic acid groups (broad SMARTS) is 1. The smallest absolute Gasteiger partial charge is 0.352 e. The maximum absolute atomic E-state index is 13.5. The summed E-state index contributed by atoms with van der Waals surface area (Å²) in [5.74, 6) is -3.86. The fraction of sp³-hybridized carbons (Fsp3) is 0.269. The number of aliphatic carboxylic acids is 1. The van der Waals surface area contributed by atoms with E-state index in [1.54, 1.807) is 29.1 Å². The van der Waals surface area contributed by atoms with Crippen molar-refractivity contribution in [2.75, 3.05) is 11.9 Å². The van der Waals surface area contributed by atoms with Crippen LogP contribution < -0.4 is 20.9 Å². The minimum atomic E-state index is -1.27. The highest BCUT2D eigenvalue weighted by molar-refractivity contribution is 6.09. The Morgan fingerprint density at radius 2 is 1.92 bits per heavy atom. The first-order valence-corrected chi connectivity index (χ1v) is 12.0. The second-order valence-electron chi connectivity index (χ2n) is 9.31. The van der Waals surface area contributed by atoms with E-state index in [1.165, 1.54) is 11.0 Å². The highest BCUT2D eigenvalue weighted by Gasteiger charge is 2.51. The number of nitrogens with zero attached hydrogens (tertiary/aromatic N) is 2. The van der Waals surface area contributed by atoms with Gasteiger partial charge in [0, 0.05) is 36.0 Å². The summed E-state index contributed by atoms with van der Waals surface area (Å²) in [6, 6.07) is 5.72. The summed E-state index contributed by atoms with van der Waals surface area (Å²) < 4.78 is 15.1. The van der Waals surface area contributed by atoms with E-state index in [-0.39, 0.29) is 29.9 Å². The average molecular weight is 523 g/mol. The lowest BCUT2D eigenvalue weighted by atomic mass is 9.79. The van der Waals surface area contributed by atoms with E-state index >= 15 is 0 Å². The van der Waals surface area contributed by atoms with Gasteiger partial charge in [-0.1, -0.05) is 0 Å². The number of pyridine rings is 1. The van der Waals surface area contributed by atoms with Crippen molar-refractivity contribution in [2.45, 2.75) is 37.9 Å². The largest absolute Gasteiger partial charge is 0.505 e. The monoisotopic (exact) mass is 522 g/mol. The molecule has 196 valence electrons. The van der Waals surface area contributed by atoms with E-state index in [0.29, 0.717) is 48.1 Å². The zero-order valence-corrected chi connectivity index (χ0v) is 20.1. The molecule has 0 aliphatic carbocycles. The van der Waals surface area contributed by atoms with Gasteiger partial charge in [0.2, 0.25) is 18.4 Å². The highest BCUT2D eigenvalue weighted by atomic mass is 19.1. The van der Waals surface area contributed by atoms with Crippen LogP contribution >= 0.6 is 0 Å². The number of carbonyl (C=O) groups excluding carboxylic acids is 3. The standard InChI is InChI=1S/C26H24FN5O6/c27-17-11-14(1-4-19(17)33)30-20(34)12-31-9-6-13(7-10-31)21(16-5-8-29-24(16)35)15-2-3-18-22(28)25(36)32(18)23(15)26(37)38/h1,4,6-7,9-11,18,22,29H,2-3,5,8,12,28H2,(H2,35,37,38)/p+1/t18-,22+/m1/s1. The Labute approximate surface area is 216 Å². The fourth-order valence-electron chi connectivity index (χ4n) is 5.15. The van der Waals surface area contributed by atoms with Gasteiger partial charge in [-0.05, 0) is 48.1 Å². The fourth-order valence-corrected chi connectivity index (χ4v) is 5.15. The molecular formula is C26H25FN5O6+. The molecule has 0 bridgehead atoms. The molecular weight excluding hydrogens is 497 g/mol. The number of phenols is 1. The van der Waals surface area contributed by atoms with Crippen LogP contribution in [0.3, 0.4) is 0 Å². The number of nitrogens with one attached hydrogen (secondary N) is 2. The highest BCUT2D eigenvalue weighted by Crippen LogP contribution is 2.43. The van der Waals surface area contributed by atoms with Crippen LogP contribution in [0.5, 0.6) is 5.75 Å². The first-order chi connectivity index (χ1) is 18.2. The molecule has 2 atom stereocenters. The second-order valence-corrected chi connectivity index (χ2v) is 9.31. The second kappa shape index (κ2) is 9.71. The van der Waals surface area contributed by atoms with Gasteiger partial charge in [0.1, 0.15) is 11.7 Å². The molecule has 0 saturated carbocycles. The molecule has 0 radical (unpaired) electrons. The van der Waals surface area contributed by atoms with E-state index < -0.39 is 35.4 Å². The lowest BCUT2D eigenvalue weighted by molar-refractivity contribution is -0.684. The van der Waals surface area contributed by atoms with E-state index in [1.807, 2.05) is 0 Å². The number of β-lactam (4-membered cyclic amide) rings is 1. The molecule has 1 aromatic heterocycles. The zero-order valence-electron chi connectivity index (χ0n) is 20.1. The number of aromatic hydroxyl groups is 1. The van der Waals surface area contributed by atoms with Crippen LogP contribution in [0.15, 0.2) is 59.6 Å². The summed E-state index contributed by atoms with van der Waals surface area (Å²) in [4.78, 5) is 51.1. The number of fused-ring (bicyclic) bond motifs is 1. The number of anilines is 1. The van der Waals surface area contributed by atoms with Gasteiger partial charge in [-0.2, -0.15) is 4.57 Å². The summed E-state index contributed by atoms with van der Waals surface area (Å²) in [6.45, 7) is 0.300. The quantitative estimate of drug-likeness (QED) is 0.159. The molecule has 1 aromatic carbocycles. The summed E-state index contributed by atoms with van der Waals surface area (Å²) in [6.07, 6.45) is 4.41. The molecule has 0 unspecified atom stereocenters. The Hall–Kier alpha value is -4.58. The maximum atomic E-state index is 13.5. The molecule has 5 rings (SSSR count). The number of hydrogen-bond acceptors (Lipinski definition) is 6. The maximum Gasteiger partial charge on any atom is 0.352 e. The Balaban J connectivity index is 1.45.